The Balaban J connectivity index is 2.11. The van der Waals surface area contributed by atoms with Crippen LogP contribution in [0.3, 0.4) is 0 Å². The number of carbonyl (C=O) groups is 3. The van der Waals surface area contributed by atoms with Gasteiger partial charge < -0.3 is 19.3 Å². The number of amides is 2. The Morgan fingerprint density at radius 3 is 1.68 bits per heavy atom. The molecule has 0 spiro atoms. The molecule has 2 fully saturated rings. The molecule has 1 unspecified atom stereocenters. The first-order chi connectivity index (χ1) is 18.8. The molecule has 41 heavy (non-hydrogen) atoms. The van der Waals surface area contributed by atoms with Crippen LogP contribution in [0, 0.1) is 11.8 Å². The van der Waals surface area contributed by atoms with Crippen molar-refractivity contribution in [2.75, 3.05) is 13.7 Å². The van der Waals surface area contributed by atoms with Gasteiger partial charge in [-0.2, -0.15) is 5.10 Å². The van der Waals surface area contributed by atoms with E-state index >= 15 is 0 Å². The molecule has 11 heteroatoms. The molecule has 0 radical (unpaired) electrons. The molecule has 2 amide bonds. The SMILES string of the molecule is CCOC(=O)C=NN1C(C2CC(C)(C)N(C(C)=O)C(C)(C)C2)=NC(C2CC(C)(C)N(C(C)=O)C(C)(C)C2)=NC1OC. The number of hydrogen-bond acceptors (Lipinski definition) is 9. The molecule has 2 saturated heterocycles. The Morgan fingerprint density at radius 1 is 0.854 bits per heavy atom. The maximum Gasteiger partial charge on any atom is 0.351 e. The zero-order valence-electron chi connectivity index (χ0n) is 27.1. The lowest BCUT2D eigenvalue weighted by molar-refractivity contribution is -0.148. The third-order valence-corrected chi connectivity index (χ3v) is 8.47. The fourth-order valence-electron chi connectivity index (χ4n) is 8.14. The van der Waals surface area contributed by atoms with Crippen LogP contribution in [0.1, 0.15) is 102 Å². The number of methoxy groups -OCH3 is 1. The number of piperidine rings is 2. The van der Waals surface area contributed by atoms with Gasteiger partial charge in [0.1, 0.15) is 17.9 Å². The fraction of sp³-hybridized carbons (Fsp3) is 0.800. The van der Waals surface area contributed by atoms with Gasteiger partial charge in [0.25, 0.3) is 0 Å². The van der Waals surface area contributed by atoms with E-state index in [9.17, 15) is 14.4 Å². The number of aliphatic imine (C=N–C) groups is 2. The summed E-state index contributed by atoms with van der Waals surface area (Å²) >= 11 is 0. The summed E-state index contributed by atoms with van der Waals surface area (Å²) in [5.41, 5.74) is -1.72. The van der Waals surface area contributed by atoms with Gasteiger partial charge in [-0.1, -0.05) is 0 Å². The van der Waals surface area contributed by atoms with Crippen molar-refractivity contribution in [3.63, 3.8) is 0 Å². The number of ether oxygens (including phenoxy) is 2. The summed E-state index contributed by atoms with van der Waals surface area (Å²) in [5, 5.41) is 6.04. The Labute approximate surface area is 245 Å². The molecule has 3 rings (SSSR count). The maximum absolute atomic E-state index is 12.7. The third kappa shape index (κ3) is 6.65. The van der Waals surface area contributed by atoms with Gasteiger partial charge in [0.2, 0.25) is 18.2 Å². The summed E-state index contributed by atoms with van der Waals surface area (Å²) in [6.45, 7) is 21.8. The predicted octanol–water partition coefficient (Wildman–Crippen LogP) is 4.21. The van der Waals surface area contributed by atoms with Gasteiger partial charge in [0.15, 0.2) is 0 Å². The average molecular weight is 575 g/mol. The first-order valence-corrected chi connectivity index (χ1v) is 14.6. The van der Waals surface area contributed by atoms with Gasteiger partial charge in [-0.15, -0.1) is 0 Å². The summed E-state index contributed by atoms with van der Waals surface area (Å²) in [7, 11) is 1.56. The number of esters is 1. The van der Waals surface area contributed by atoms with Crippen LogP contribution in [-0.4, -0.2) is 92.7 Å². The normalized spacial score (nSPS) is 26.0. The highest BCUT2D eigenvalue weighted by molar-refractivity contribution is 6.23. The minimum absolute atomic E-state index is 0.0277. The number of rotatable bonds is 6. The van der Waals surface area contributed by atoms with Gasteiger partial charge >= 0.3 is 5.97 Å². The Morgan fingerprint density at radius 2 is 1.29 bits per heavy atom. The van der Waals surface area contributed by atoms with E-state index in [0.717, 1.165) is 6.21 Å². The molecular weight excluding hydrogens is 524 g/mol. The summed E-state index contributed by atoms with van der Waals surface area (Å²) < 4.78 is 10.9. The molecule has 3 heterocycles. The van der Waals surface area contributed by atoms with E-state index < -0.39 is 34.5 Å². The van der Waals surface area contributed by atoms with Crippen molar-refractivity contribution < 1.29 is 23.9 Å². The lowest BCUT2D eigenvalue weighted by Gasteiger charge is -2.56. The number of likely N-dealkylation sites (tertiary alicyclic amines) is 2. The first-order valence-electron chi connectivity index (χ1n) is 14.6. The minimum atomic E-state index is -0.836. The van der Waals surface area contributed by atoms with Gasteiger partial charge in [-0.25, -0.2) is 19.8 Å². The fourth-order valence-corrected chi connectivity index (χ4v) is 8.14. The molecule has 0 aromatic heterocycles. The van der Waals surface area contributed by atoms with E-state index in [0.29, 0.717) is 37.4 Å². The highest BCUT2D eigenvalue weighted by Crippen LogP contribution is 2.45. The van der Waals surface area contributed by atoms with Gasteiger partial charge in [-0.3, -0.25) is 9.59 Å². The average Bonchev–Trinajstić information content (AvgIpc) is 2.78. The molecule has 3 aliphatic rings. The zero-order valence-corrected chi connectivity index (χ0v) is 27.1. The maximum atomic E-state index is 12.7. The number of carbonyl (C=O) groups excluding carboxylic acids is 3. The van der Waals surface area contributed by atoms with Crippen molar-refractivity contribution in [3.05, 3.63) is 0 Å². The lowest BCUT2D eigenvalue weighted by atomic mass is 9.72. The zero-order chi connectivity index (χ0) is 31.1. The van der Waals surface area contributed by atoms with Crippen molar-refractivity contribution in [2.45, 2.75) is 130 Å². The third-order valence-electron chi connectivity index (χ3n) is 8.47. The Bertz CT molecular complexity index is 1100. The van der Waals surface area contributed by atoms with Crippen molar-refractivity contribution in [2.24, 2.45) is 26.9 Å². The molecule has 1 atom stereocenters. The standard InChI is InChI=1S/C30H50N6O5/c1-13-41-23(39)18-31-34-25(22-16-29(8,9)36(20(3)38)30(10,11)17-22)32-24(33-26(34)40-12)21-14-27(4,5)35(19(2)37)28(6,7)15-21/h18,21-22,26H,13-17H2,1-12H3. The van der Waals surface area contributed by atoms with E-state index in [-0.39, 0.29) is 30.3 Å². The molecule has 0 bridgehead atoms. The van der Waals surface area contributed by atoms with E-state index in [1.807, 2.05) is 9.80 Å². The highest BCUT2D eigenvalue weighted by atomic mass is 16.5. The van der Waals surface area contributed by atoms with Crippen LogP contribution < -0.4 is 0 Å². The topological polar surface area (TPSA) is 116 Å². The van der Waals surface area contributed by atoms with Crippen LogP contribution in [0.5, 0.6) is 0 Å². The molecular formula is C30H50N6O5. The van der Waals surface area contributed by atoms with Crippen LogP contribution >= 0.6 is 0 Å². The van der Waals surface area contributed by atoms with Crippen molar-refractivity contribution in [1.29, 1.82) is 0 Å². The van der Waals surface area contributed by atoms with E-state index in [4.69, 9.17) is 19.5 Å². The number of nitrogens with zero attached hydrogens (tertiary/aromatic N) is 6. The molecule has 0 N–H and O–H groups in total. The summed E-state index contributed by atoms with van der Waals surface area (Å²) in [4.78, 5) is 51.6. The summed E-state index contributed by atoms with van der Waals surface area (Å²) in [5.74, 6) is 0.682. The molecule has 0 aromatic rings. The van der Waals surface area contributed by atoms with Crippen molar-refractivity contribution in [3.8, 4) is 0 Å². The molecule has 0 aliphatic carbocycles. The molecule has 230 valence electrons. The first kappa shape index (κ1) is 32.7. The second-order valence-electron chi connectivity index (χ2n) is 14.0. The Kier molecular flexibility index (Phi) is 9.13. The Hall–Kier alpha value is -2.82. The summed E-state index contributed by atoms with van der Waals surface area (Å²) in [6, 6.07) is 0. The van der Waals surface area contributed by atoms with E-state index in [1.54, 1.807) is 32.9 Å². The second-order valence-corrected chi connectivity index (χ2v) is 14.0. The van der Waals surface area contributed by atoms with Crippen molar-refractivity contribution in [1.82, 2.24) is 14.8 Å². The van der Waals surface area contributed by atoms with Gasteiger partial charge in [-0.05, 0) is 88.0 Å². The number of hydrazone groups is 1. The van der Waals surface area contributed by atoms with E-state index in [2.05, 4.69) is 60.5 Å². The van der Waals surface area contributed by atoms with Crippen LogP contribution in [0.25, 0.3) is 0 Å². The van der Waals surface area contributed by atoms with Crippen LogP contribution in [-0.2, 0) is 23.9 Å². The van der Waals surface area contributed by atoms with Gasteiger partial charge in [0.05, 0.1) is 6.61 Å². The molecule has 3 aliphatic heterocycles. The van der Waals surface area contributed by atoms with Crippen LogP contribution in [0.15, 0.2) is 15.1 Å². The monoisotopic (exact) mass is 574 g/mol. The minimum Gasteiger partial charge on any atom is -0.462 e. The van der Waals surface area contributed by atoms with Gasteiger partial charge in [0, 0.05) is 54.9 Å². The number of hydrogen-bond donors (Lipinski definition) is 0. The smallest absolute Gasteiger partial charge is 0.351 e. The quantitative estimate of drug-likeness (QED) is 0.347. The number of amidine groups is 2. The predicted molar refractivity (Wildman–Crippen MR) is 159 cm³/mol. The lowest BCUT2D eigenvalue weighted by Crippen LogP contribution is -2.64. The highest BCUT2D eigenvalue weighted by Gasteiger charge is 2.51. The molecule has 0 aromatic carbocycles. The second kappa shape index (κ2) is 11.5. The van der Waals surface area contributed by atoms with Crippen molar-refractivity contribution >= 4 is 35.7 Å². The van der Waals surface area contributed by atoms with Crippen LogP contribution in [0.2, 0.25) is 0 Å². The summed E-state index contributed by atoms with van der Waals surface area (Å²) in [6.07, 6.45) is 2.96. The van der Waals surface area contributed by atoms with Crippen LogP contribution in [0.4, 0.5) is 0 Å². The largest absolute Gasteiger partial charge is 0.462 e. The molecule has 0 saturated carbocycles. The van der Waals surface area contributed by atoms with E-state index in [1.165, 1.54) is 0 Å². The molecule has 11 nitrogen and oxygen atoms in total.